The van der Waals surface area contributed by atoms with Gasteiger partial charge in [-0.25, -0.2) is 4.31 Å². The third-order valence-electron chi connectivity index (χ3n) is 3.87. The van der Waals surface area contributed by atoms with Gasteiger partial charge in [0.2, 0.25) is 12.2 Å². The number of esters is 2. The molecule has 138 valence electrons. The molecule has 4 atom stereocenters. The number of carbonyl (C=O) groups excluding carboxylic acids is 2. The lowest BCUT2D eigenvalue weighted by Crippen LogP contribution is -2.63. The Kier molecular flexibility index (Phi) is 4.45. The van der Waals surface area contributed by atoms with Crippen molar-refractivity contribution < 1.29 is 37.0 Å². The van der Waals surface area contributed by atoms with Crippen molar-refractivity contribution in [1.82, 2.24) is 4.31 Å². The molecule has 0 amide bonds. The molecular weight excluding hydrogens is 356 g/mol. The lowest BCUT2D eigenvalue weighted by molar-refractivity contribution is -0.265. The second-order valence-corrected chi connectivity index (χ2v) is 7.36. The molecular formula is C14H18N2O8S. The zero-order valence-corrected chi connectivity index (χ0v) is 14.7. The first kappa shape index (κ1) is 17.7. The summed E-state index contributed by atoms with van der Waals surface area (Å²) in [6.45, 7) is 3.77. The van der Waals surface area contributed by atoms with Crippen LogP contribution < -0.4 is 0 Å². The first-order chi connectivity index (χ1) is 11.7. The fourth-order valence-corrected chi connectivity index (χ4v) is 4.43. The molecule has 0 spiro atoms. The Balaban J connectivity index is 1.95. The van der Waals surface area contributed by atoms with Gasteiger partial charge in [0.05, 0.1) is 11.8 Å². The van der Waals surface area contributed by atoms with Crippen LogP contribution in [0.5, 0.6) is 0 Å². The molecule has 10 nitrogen and oxygen atoms in total. The summed E-state index contributed by atoms with van der Waals surface area (Å²) in [7, 11) is -4.03. The summed E-state index contributed by atoms with van der Waals surface area (Å²) in [5.41, 5.74) is 0.270. The van der Waals surface area contributed by atoms with E-state index in [0.29, 0.717) is 0 Å². The van der Waals surface area contributed by atoms with Gasteiger partial charge in [-0.15, -0.1) is 4.40 Å². The third-order valence-corrected chi connectivity index (χ3v) is 5.34. The average molecular weight is 374 g/mol. The molecule has 0 N–H and O–H groups in total. The highest BCUT2D eigenvalue weighted by molar-refractivity contribution is 7.88. The first-order valence-electron chi connectivity index (χ1n) is 7.62. The molecule has 0 aromatic heterocycles. The monoisotopic (exact) mass is 374 g/mol. The van der Waals surface area contributed by atoms with E-state index in [0.717, 1.165) is 4.31 Å². The molecule has 0 aromatic carbocycles. The number of fused-ring (bicyclic) bond motifs is 4. The molecule has 11 heteroatoms. The van der Waals surface area contributed by atoms with E-state index < -0.39 is 46.7 Å². The largest absolute Gasteiger partial charge is 0.463 e. The van der Waals surface area contributed by atoms with E-state index >= 15 is 0 Å². The lowest BCUT2D eigenvalue weighted by Gasteiger charge is -2.49. The van der Waals surface area contributed by atoms with E-state index in [1.165, 1.54) is 26.8 Å². The second-order valence-electron chi connectivity index (χ2n) is 5.89. The maximum Gasteiger partial charge on any atom is 0.347 e. The summed E-state index contributed by atoms with van der Waals surface area (Å²) in [5, 5.41) is 0. The van der Waals surface area contributed by atoms with Crippen molar-refractivity contribution in [2.75, 3.05) is 6.61 Å². The second kappa shape index (κ2) is 6.30. The Labute approximate surface area is 144 Å². The predicted octanol–water partition coefficient (Wildman–Crippen LogP) is -0.142. The van der Waals surface area contributed by atoms with Crippen LogP contribution in [-0.4, -0.2) is 61.5 Å². The van der Waals surface area contributed by atoms with Crippen molar-refractivity contribution in [3.05, 3.63) is 12.0 Å². The zero-order chi connectivity index (χ0) is 18.4. The summed E-state index contributed by atoms with van der Waals surface area (Å²) < 4.78 is 51.1. The van der Waals surface area contributed by atoms with Gasteiger partial charge in [0.1, 0.15) is 12.7 Å². The number of carbonyl (C=O) groups is 2. The molecule has 25 heavy (non-hydrogen) atoms. The maximum atomic E-state index is 12.5. The summed E-state index contributed by atoms with van der Waals surface area (Å²) in [6, 6.07) is -0.773. The molecule has 3 rings (SSSR count). The van der Waals surface area contributed by atoms with Gasteiger partial charge in [-0.3, -0.25) is 9.59 Å². The Morgan fingerprint density at radius 1 is 1.36 bits per heavy atom. The summed E-state index contributed by atoms with van der Waals surface area (Å²) >= 11 is 0. The molecule has 4 unspecified atom stereocenters. The fourth-order valence-electron chi connectivity index (χ4n) is 3.06. The molecule has 0 saturated carbocycles. The minimum Gasteiger partial charge on any atom is -0.463 e. The number of hydrogen-bond acceptors (Lipinski definition) is 8. The maximum absolute atomic E-state index is 12.5. The average Bonchev–Trinajstić information content (AvgIpc) is 2.45. The molecule has 0 aliphatic carbocycles. The zero-order valence-electron chi connectivity index (χ0n) is 13.9. The molecule has 0 aromatic rings. The fraction of sp³-hybridized carbons (Fsp3) is 0.643. The van der Waals surface area contributed by atoms with E-state index in [2.05, 4.69) is 4.40 Å². The topological polar surface area (TPSA) is 121 Å². The Hall–Kier alpha value is -2.14. The smallest absolute Gasteiger partial charge is 0.347 e. The van der Waals surface area contributed by atoms with Crippen LogP contribution in [-0.2, 0) is 38.7 Å². The van der Waals surface area contributed by atoms with Crippen LogP contribution >= 0.6 is 0 Å². The van der Waals surface area contributed by atoms with Crippen molar-refractivity contribution in [2.45, 2.75) is 51.7 Å². The van der Waals surface area contributed by atoms with Crippen LogP contribution in [0.4, 0.5) is 0 Å². The Morgan fingerprint density at radius 2 is 2.08 bits per heavy atom. The van der Waals surface area contributed by atoms with Gasteiger partial charge in [0, 0.05) is 26.3 Å². The standard InChI is InChI=1S/C14H18N2O8S/c1-7-4-12-16(25(19,20)15-7)10-5-13(24-12)23-11(6-21-8(2)17)14(10)22-9(3)18/h4,10-11,13-14H,5-6H2,1-3H3. The molecule has 2 saturated heterocycles. The van der Waals surface area contributed by atoms with Crippen molar-refractivity contribution >= 4 is 27.9 Å². The van der Waals surface area contributed by atoms with Crippen LogP contribution in [0.15, 0.2) is 16.4 Å². The highest BCUT2D eigenvalue weighted by Crippen LogP contribution is 2.39. The molecule has 2 fully saturated rings. The van der Waals surface area contributed by atoms with E-state index in [1.807, 2.05) is 0 Å². The third kappa shape index (κ3) is 3.47. The van der Waals surface area contributed by atoms with E-state index in [-0.39, 0.29) is 24.6 Å². The summed E-state index contributed by atoms with van der Waals surface area (Å²) in [4.78, 5) is 22.6. The highest BCUT2D eigenvalue weighted by Gasteiger charge is 2.53. The number of rotatable bonds is 3. The number of allylic oxidation sites excluding steroid dienone is 1. The Morgan fingerprint density at radius 3 is 2.72 bits per heavy atom. The SMILES string of the molecule is CC(=O)OCC1OC2CC(C1OC(C)=O)N1C(=CC(C)=NS1(=O)=O)O2. The van der Waals surface area contributed by atoms with E-state index in [1.54, 1.807) is 0 Å². The van der Waals surface area contributed by atoms with Gasteiger partial charge < -0.3 is 18.9 Å². The van der Waals surface area contributed by atoms with Crippen LogP contribution in [0, 0.1) is 0 Å². The molecule has 3 aliphatic rings. The number of nitrogens with zero attached hydrogens (tertiary/aromatic N) is 2. The Bertz CT molecular complexity index is 759. The number of ether oxygens (including phenoxy) is 4. The lowest BCUT2D eigenvalue weighted by atomic mass is 9.97. The quantitative estimate of drug-likeness (QED) is 0.626. The highest BCUT2D eigenvalue weighted by atomic mass is 32.2. The summed E-state index contributed by atoms with van der Waals surface area (Å²) in [5.74, 6) is -1.07. The van der Waals surface area contributed by atoms with Gasteiger partial charge >= 0.3 is 22.1 Å². The van der Waals surface area contributed by atoms with Gasteiger partial charge in [-0.1, -0.05) is 0 Å². The summed E-state index contributed by atoms with van der Waals surface area (Å²) in [6.07, 6.45) is -0.953. The van der Waals surface area contributed by atoms with Crippen LogP contribution in [0.1, 0.15) is 27.2 Å². The van der Waals surface area contributed by atoms with Crippen LogP contribution in [0.2, 0.25) is 0 Å². The van der Waals surface area contributed by atoms with Gasteiger partial charge in [-0.05, 0) is 6.92 Å². The van der Waals surface area contributed by atoms with E-state index in [9.17, 15) is 18.0 Å². The van der Waals surface area contributed by atoms with Gasteiger partial charge in [0.25, 0.3) is 0 Å². The van der Waals surface area contributed by atoms with Crippen LogP contribution in [0.3, 0.4) is 0 Å². The molecule has 0 radical (unpaired) electrons. The minimum absolute atomic E-state index is 0.0665. The number of hydrogen-bond donors (Lipinski definition) is 0. The normalized spacial score (nSPS) is 32.5. The minimum atomic E-state index is -4.03. The molecule has 2 bridgehead atoms. The van der Waals surface area contributed by atoms with Crippen molar-refractivity contribution in [3.8, 4) is 0 Å². The molecule has 3 heterocycles. The first-order valence-corrected chi connectivity index (χ1v) is 9.02. The molecule has 3 aliphatic heterocycles. The van der Waals surface area contributed by atoms with Crippen LogP contribution in [0.25, 0.3) is 0 Å². The van der Waals surface area contributed by atoms with Gasteiger partial charge in [-0.2, -0.15) is 8.42 Å². The van der Waals surface area contributed by atoms with Crippen molar-refractivity contribution in [3.63, 3.8) is 0 Å². The van der Waals surface area contributed by atoms with E-state index in [4.69, 9.17) is 18.9 Å². The predicted molar refractivity (Wildman–Crippen MR) is 82.3 cm³/mol. The van der Waals surface area contributed by atoms with Crippen molar-refractivity contribution in [1.29, 1.82) is 0 Å². The van der Waals surface area contributed by atoms with Crippen molar-refractivity contribution in [2.24, 2.45) is 4.40 Å². The van der Waals surface area contributed by atoms with Gasteiger partial charge in [0.15, 0.2) is 6.10 Å².